The predicted octanol–water partition coefficient (Wildman–Crippen LogP) is 3.72. The Bertz CT molecular complexity index is 714. The van der Waals surface area contributed by atoms with Gasteiger partial charge in [-0.3, -0.25) is 0 Å². The minimum atomic E-state index is 0.438. The van der Waals surface area contributed by atoms with E-state index in [1.165, 1.54) is 5.56 Å². The van der Waals surface area contributed by atoms with E-state index >= 15 is 0 Å². The maximum atomic E-state index is 6.36. The van der Waals surface area contributed by atoms with Gasteiger partial charge in [-0.05, 0) is 42.0 Å². The number of nitrogens with zero attached hydrogens (tertiary/aromatic N) is 5. The van der Waals surface area contributed by atoms with Gasteiger partial charge in [-0.15, -0.1) is 0 Å². The number of anilines is 3. The SMILES string of the molecule is Cc1ccc(N(C)c2nc(Cl)c(Br)c(N3CCN(C)CC3)n2)cc1. The van der Waals surface area contributed by atoms with Crippen LogP contribution >= 0.6 is 27.5 Å². The Labute approximate surface area is 156 Å². The second-order valence-corrected chi connectivity index (χ2v) is 7.29. The molecular weight excluding hydrogens is 390 g/mol. The van der Waals surface area contributed by atoms with Crippen LogP contribution in [-0.4, -0.2) is 55.1 Å². The van der Waals surface area contributed by atoms with Crippen molar-refractivity contribution in [2.24, 2.45) is 0 Å². The van der Waals surface area contributed by atoms with E-state index in [9.17, 15) is 0 Å². The highest BCUT2D eigenvalue weighted by Gasteiger charge is 2.22. The quantitative estimate of drug-likeness (QED) is 0.721. The second-order valence-electron chi connectivity index (χ2n) is 6.14. The minimum Gasteiger partial charge on any atom is -0.353 e. The second kappa shape index (κ2) is 7.25. The molecule has 1 saturated heterocycles. The average molecular weight is 411 g/mol. The van der Waals surface area contributed by atoms with Gasteiger partial charge < -0.3 is 14.7 Å². The Morgan fingerprint density at radius 2 is 1.71 bits per heavy atom. The molecule has 24 heavy (non-hydrogen) atoms. The Morgan fingerprint density at radius 3 is 2.33 bits per heavy atom. The first-order valence-corrected chi connectivity index (χ1v) is 9.09. The molecule has 5 nitrogen and oxygen atoms in total. The molecule has 0 radical (unpaired) electrons. The normalized spacial score (nSPS) is 15.6. The van der Waals surface area contributed by atoms with E-state index in [2.05, 4.69) is 69.0 Å². The molecule has 0 unspecified atom stereocenters. The Morgan fingerprint density at radius 1 is 1.08 bits per heavy atom. The molecule has 7 heteroatoms. The van der Waals surface area contributed by atoms with Gasteiger partial charge in [-0.1, -0.05) is 29.3 Å². The largest absolute Gasteiger partial charge is 0.353 e. The summed E-state index contributed by atoms with van der Waals surface area (Å²) in [6.07, 6.45) is 0. The van der Waals surface area contributed by atoms with Crippen molar-refractivity contribution in [3.63, 3.8) is 0 Å². The van der Waals surface area contributed by atoms with Crippen LogP contribution < -0.4 is 9.80 Å². The third kappa shape index (κ3) is 3.66. The summed E-state index contributed by atoms with van der Waals surface area (Å²) in [6, 6.07) is 8.27. The van der Waals surface area contributed by atoms with Crippen molar-refractivity contribution < 1.29 is 0 Å². The zero-order valence-electron chi connectivity index (χ0n) is 14.1. The van der Waals surface area contributed by atoms with Crippen LogP contribution in [0.4, 0.5) is 17.5 Å². The summed E-state index contributed by atoms with van der Waals surface area (Å²) in [5, 5.41) is 0.438. The van der Waals surface area contributed by atoms with Gasteiger partial charge in [0.15, 0.2) is 5.15 Å². The number of aryl methyl sites for hydroxylation is 1. The molecule has 1 aromatic carbocycles. The number of hydrogen-bond acceptors (Lipinski definition) is 5. The molecule has 2 heterocycles. The van der Waals surface area contributed by atoms with Gasteiger partial charge in [-0.25, -0.2) is 0 Å². The van der Waals surface area contributed by atoms with Crippen LogP contribution in [0.15, 0.2) is 28.7 Å². The van der Waals surface area contributed by atoms with Gasteiger partial charge in [-0.2, -0.15) is 9.97 Å². The summed E-state index contributed by atoms with van der Waals surface area (Å²) in [6.45, 7) is 5.95. The Balaban J connectivity index is 1.93. The van der Waals surface area contributed by atoms with E-state index in [4.69, 9.17) is 16.6 Å². The molecule has 0 N–H and O–H groups in total. The monoisotopic (exact) mass is 409 g/mol. The molecule has 1 fully saturated rings. The summed E-state index contributed by atoms with van der Waals surface area (Å²) in [4.78, 5) is 15.7. The minimum absolute atomic E-state index is 0.438. The number of aromatic nitrogens is 2. The lowest BCUT2D eigenvalue weighted by molar-refractivity contribution is 0.312. The number of rotatable bonds is 3. The fraction of sp³-hybridized carbons (Fsp3) is 0.412. The van der Waals surface area contributed by atoms with Crippen molar-refractivity contribution in [2.75, 3.05) is 50.1 Å². The molecule has 3 rings (SSSR count). The van der Waals surface area contributed by atoms with E-state index in [-0.39, 0.29) is 0 Å². The lowest BCUT2D eigenvalue weighted by Gasteiger charge is -2.34. The molecule has 1 aliphatic heterocycles. The summed E-state index contributed by atoms with van der Waals surface area (Å²) in [7, 11) is 4.09. The highest BCUT2D eigenvalue weighted by atomic mass is 79.9. The summed E-state index contributed by atoms with van der Waals surface area (Å²) < 4.78 is 0.759. The van der Waals surface area contributed by atoms with E-state index in [0.717, 1.165) is 42.2 Å². The number of benzene rings is 1. The van der Waals surface area contributed by atoms with Crippen LogP contribution in [0.5, 0.6) is 0 Å². The molecule has 0 saturated carbocycles. The lowest BCUT2D eigenvalue weighted by Crippen LogP contribution is -2.45. The Hall–Kier alpha value is -1.37. The first-order valence-electron chi connectivity index (χ1n) is 7.92. The number of halogens is 2. The Kier molecular flexibility index (Phi) is 5.27. The third-order valence-electron chi connectivity index (χ3n) is 4.31. The molecule has 0 amide bonds. The summed E-state index contributed by atoms with van der Waals surface area (Å²) in [5.41, 5.74) is 2.25. The molecule has 0 bridgehead atoms. The fourth-order valence-electron chi connectivity index (χ4n) is 2.66. The first-order chi connectivity index (χ1) is 11.5. The maximum Gasteiger partial charge on any atom is 0.233 e. The van der Waals surface area contributed by atoms with Gasteiger partial charge in [0, 0.05) is 38.9 Å². The van der Waals surface area contributed by atoms with Crippen molar-refractivity contribution in [3.8, 4) is 0 Å². The molecule has 1 aromatic heterocycles. The number of hydrogen-bond donors (Lipinski definition) is 0. The van der Waals surface area contributed by atoms with Gasteiger partial charge in [0.2, 0.25) is 5.95 Å². The highest BCUT2D eigenvalue weighted by Crippen LogP contribution is 2.34. The number of likely N-dealkylation sites (N-methyl/N-ethyl adjacent to an activating group) is 1. The average Bonchev–Trinajstić information content (AvgIpc) is 2.58. The highest BCUT2D eigenvalue weighted by molar-refractivity contribution is 9.10. The molecule has 0 spiro atoms. The molecular formula is C17H21BrClN5. The van der Waals surface area contributed by atoms with E-state index in [1.54, 1.807) is 0 Å². The van der Waals surface area contributed by atoms with Crippen molar-refractivity contribution in [1.29, 1.82) is 0 Å². The van der Waals surface area contributed by atoms with E-state index in [1.807, 2.05) is 11.9 Å². The van der Waals surface area contributed by atoms with Crippen LogP contribution in [0.25, 0.3) is 0 Å². The van der Waals surface area contributed by atoms with Gasteiger partial charge in [0.25, 0.3) is 0 Å². The van der Waals surface area contributed by atoms with Crippen molar-refractivity contribution in [2.45, 2.75) is 6.92 Å². The molecule has 1 aliphatic rings. The molecule has 128 valence electrons. The molecule has 2 aromatic rings. The van der Waals surface area contributed by atoms with Crippen LogP contribution in [0, 0.1) is 6.92 Å². The van der Waals surface area contributed by atoms with Gasteiger partial charge in [0.05, 0.1) is 4.47 Å². The topological polar surface area (TPSA) is 35.5 Å². The maximum absolute atomic E-state index is 6.36. The lowest BCUT2D eigenvalue weighted by atomic mass is 10.2. The zero-order chi connectivity index (χ0) is 17.3. The van der Waals surface area contributed by atoms with Crippen LogP contribution in [0.1, 0.15) is 5.56 Å². The third-order valence-corrected chi connectivity index (χ3v) is 5.54. The fourth-order valence-corrected chi connectivity index (χ4v) is 3.25. The molecule has 0 aliphatic carbocycles. The predicted molar refractivity (Wildman–Crippen MR) is 104 cm³/mol. The smallest absolute Gasteiger partial charge is 0.233 e. The van der Waals surface area contributed by atoms with E-state index in [0.29, 0.717) is 11.1 Å². The van der Waals surface area contributed by atoms with Crippen LogP contribution in [0.3, 0.4) is 0 Å². The standard InChI is InChI=1S/C17H21BrClN5/c1-12-4-6-13(7-5-12)23(3)17-20-15(19)14(18)16(21-17)24-10-8-22(2)9-11-24/h4-7H,8-11H2,1-3H3. The first kappa shape index (κ1) is 17.5. The van der Waals surface area contributed by atoms with Crippen LogP contribution in [0.2, 0.25) is 5.15 Å². The van der Waals surface area contributed by atoms with Gasteiger partial charge >= 0.3 is 0 Å². The van der Waals surface area contributed by atoms with E-state index < -0.39 is 0 Å². The summed E-state index contributed by atoms with van der Waals surface area (Å²) >= 11 is 9.91. The van der Waals surface area contributed by atoms with Crippen molar-refractivity contribution in [3.05, 3.63) is 39.5 Å². The van der Waals surface area contributed by atoms with Crippen LogP contribution in [-0.2, 0) is 0 Å². The number of piperazine rings is 1. The van der Waals surface area contributed by atoms with Crippen molar-refractivity contribution in [1.82, 2.24) is 14.9 Å². The zero-order valence-corrected chi connectivity index (χ0v) is 16.5. The molecule has 0 atom stereocenters. The summed E-state index contributed by atoms with van der Waals surface area (Å²) in [5.74, 6) is 1.46. The van der Waals surface area contributed by atoms with Crippen molar-refractivity contribution >= 4 is 45.0 Å². The van der Waals surface area contributed by atoms with Gasteiger partial charge in [0.1, 0.15) is 5.82 Å².